The van der Waals surface area contributed by atoms with Crippen LogP contribution in [0.2, 0.25) is 0 Å². The molecule has 0 saturated heterocycles. The molecule has 1 atom stereocenters. The van der Waals surface area contributed by atoms with E-state index in [0.717, 1.165) is 0 Å². The third-order valence-electron chi connectivity index (χ3n) is 3.41. The van der Waals surface area contributed by atoms with Crippen LogP contribution >= 0.6 is 0 Å². The number of carbonyl (C=O) groups is 1. The number of benzene rings is 2. The average molecular weight is 332 g/mol. The van der Waals surface area contributed by atoms with Gasteiger partial charge in [-0.25, -0.2) is 8.42 Å². The van der Waals surface area contributed by atoms with Crippen LogP contribution in [0.25, 0.3) is 0 Å². The Morgan fingerprint density at radius 2 is 1.57 bits per heavy atom. The number of hydrogen-bond donors (Lipinski definition) is 2. The van der Waals surface area contributed by atoms with Crippen molar-refractivity contribution in [3.05, 3.63) is 60.7 Å². The van der Waals surface area contributed by atoms with E-state index in [9.17, 15) is 13.2 Å². The fourth-order valence-electron chi connectivity index (χ4n) is 2.13. The van der Waals surface area contributed by atoms with Crippen molar-refractivity contribution in [2.75, 3.05) is 11.1 Å². The first-order valence-corrected chi connectivity index (χ1v) is 9.03. The maximum atomic E-state index is 12.1. The van der Waals surface area contributed by atoms with Gasteiger partial charge in [0.1, 0.15) is 0 Å². The molecule has 2 rings (SSSR count). The summed E-state index contributed by atoms with van der Waals surface area (Å²) in [6.45, 7) is 0. The third-order valence-corrected chi connectivity index (χ3v) is 5.23. The molecule has 5 nitrogen and oxygen atoms in total. The van der Waals surface area contributed by atoms with Gasteiger partial charge in [-0.3, -0.25) is 4.79 Å². The summed E-state index contributed by atoms with van der Waals surface area (Å²) in [5, 5.41) is 2.71. The second-order valence-corrected chi connectivity index (χ2v) is 7.35. The quantitative estimate of drug-likeness (QED) is 0.813. The topological polar surface area (TPSA) is 89.3 Å². The second-order valence-electron chi connectivity index (χ2n) is 5.24. The Morgan fingerprint density at radius 1 is 1.00 bits per heavy atom. The van der Waals surface area contributed by atoms with Crippen molar-refractivity contribution in [1.82, 2.24) is 0 Å². The minimum absolute atomic E-state index is 0.0245. The van der Waals surface area contributed by atoms with Crippen LogP contribution < -0.4 is 11.1 Å². The Balaban J connectivity index is 1.82. The minimum atomic E-state index is -3.33. The summed E-state index contributed by atoms with van der Waals surface area (Å²) in [5.41, 5.74) is 6.50. The number of sulfone groups is 1. The van der Waals surface area contributed by atoms with Crippen LogP contribution in [0.4, 0.5) is 5.69 Å². The third kappa shape index (κ3) is 5.19. The summed E-state index contributed by atoms with van der Waals surface area (Å²) in [5.74, 6) is -0.336. The number of carbonyl (C=O) groups excluding carboxylic acids is 1. The summed E-state index contributed by atoms with van der Waals surface area (Å²) in [6.07, 6.45) is 0.644. The van der Waals surface area contributed by atoms with Gasteiger partial charge >= 0.3 is 0 Å². The first kappa shape index (κ1) is 17.2. The largest absolute Gasteiger partial charge is 0.325 e. The Kier molecular flexibility index (Phi) is 5.90. The van der Waals surface area contributed by atoms with Crippen LogP contribution in [0.5, 0.6) is 0 Å². The van der Waals surface area contributed by atoms with Crippen LogP contribution in [-0.2, 0) is 14.6 Å². The zero-order chi connectivity index (χ0) is 16.7. The molecule has 0 bridgehead atoms. The van der Waals surface area contributed by atoms with Crippen molar-refractivity contribution in [1.29, 1.82) is 0 Å². The summed E-state index contributed by atoms with van der Waals surface area (Å²) in [6, 6.07) is 16.6. The van der Waals surface area contributed by atoms with Gasteiger partial charge in [0.15, 0.2) is 9.84 Å². The number of rotatable bonds is 7. The van der Waals surface area contributed by atoms with Crippen molar-refractivity contribution >= 4 is 21.4 Å². The summed E-state index contributed by atoms with van der Waals surface area (Å²) < 4.78 is 24.3. The van der Waals surface area contributed by atoms with Crippen LogP contribution in [0.15, 0.2) is 65.6 Å². The molecule has 2 aromatic carbocycles. The maximum Gasteiger partial charge on any atom is 0.241 e. The molecule has 1 amide bonds. The predicted molar refractivity (Wildman–Crippen MR) is 90.8 cm³/mol. The predicted octanol–water partition coefficient (Wildman–Crippen LogP) is 2.21. The lowest BCUT2D eigenvalue weighted by Gasteiger charge is -2.12. The van der Waals surface area contributed by atoms with Crippen LogP contribution in [0.3, 0.4) is 0 Å². The van der Waals surface area contributed by atoms with E-state index in [1.165, 1.54) is 0 Å². The van der Waals surface area contributed by atoms with Crippen molar-refractivity contribution in [2.24, 2.45) is 5.73 Å². The monoisotopic (exact) mass is 332 g/mol. The highest BCUT2D eigenvalue weighted by molar-refractivity contribution is 7.91. The van der Waals surface area contributed by atoms with Gasteiger partial charge in [-0.1, -0.05) is 36.4 Å². The van der Waals surface area contributed by atoms with Crippen molar-refractivity contribution in [3.63, 3.8) is 0 Å². The molecule has 122 valence electrons. The average Bonchev–Trinajstić information content (AvgIpc) is 2.56. The number of amides is 1. The number of nitrogens with one attached hydrogen (secondary N) is 1. The summed E-state index contributed by atoms with van der Waals surface area (Å²) in [4.78, 5) is 12.2. The highest BCUT2D eigenvalue weighted by Gasteiger charge is 2.17. The first-order chi connectivity index (χ1) is 11.0. The fourth-order valence-corrected chi connectivity index (χ4v) is 3.48. The van der Waals surface area contributed by atoms with Gasteiger partial charge in [0, 0.05) is 5.69 Å². The summed E-state index contributed by atoms with van der Waals surface area (Å²) in [7, 11) is -3.33. The van der Waals surface area contributed by atoms with Crippen LogP contribution in [-0.4, -0.2) is 26.1 Å². The van der Waals surface area contributed by atoms with Gasteiger partial charge in [0.2, 0.25) is 5.91 Å². The summed E-state index contributed by atoms with van der Waals surface area (Å²) >= 11 is 0. The van der Waals surface area contributed by atoms with Gasteiger partial charge in [0.05, 0.1) is 16.7 Å². The molecule has 0 fully saturated rings. The van der Waals surface area contributed by atoms with Gasteiger partial charge in [-0.15, -0.1) is 0 Å². The normalized spacial score (nSPS) is 12.6. The molecule has 0 spiro atoms. The molecular formula is C17H20N2O3S. The van der Waals surface area contributed by atoms with Crippen molar-refractivity contribution < 1.29 is 13.2 Å². The Labute approximate surface area is 136 Å². The van der Waals surface area contributed by atoms with Crippen molar-refractivity contribution in [3.8, 4) is 0 Å². The van der Waals surface area contributed by atoms with Gasteiger partial charge in [-0.2, -0.15) is 0 Å². The Bertz CT molecular complexity index is 731. The lowest BCUT2D eigenvalue weighted by molar-refractivity contribution is -0.117. The van der Waals surface area contributed by atoms with E-state index in [1.54, 1.807) is 42.5 Å². The second kappa shape index (κ2) is 7.89. The van der Waals surface area contributed by atoms with Crippen molar-refractivity contribution in [2.45, 2.75) is 23.8 Å². The highest BCUT2D eigenvalue weighted by Crippen LogP contribution is 2.13. The van der Waals surface area contributed by atoms with E-state index in [2.05, 4.69) is 5.32 Å². The van der Waals surface area contributed by atoms with E-state index >= 15 is 0 Å². The Morgan fingerprint density at radius 3 is 2.17 bits per heavy atom. The molecule has 6 heteroatoms. The molecule has 2 aromatic rings. The lowest BCUT2D eigenvalue weighted by atomic mass is 10.1. The molecule has 0 heterocycles. The van der Waals surface area contributed by atoms with Gasteiger partial charge in [-0.05, 0) is 37.1 Å². The molecule has 0 aliphatic carbocycles. The van der Waals surface area contributed by atoms with Crippen LogP contribution in [0.1, 0.15) is 12.8 Å². The molecule has 0 aromatic heterocycles. The zero-order valence-corrected chi connectivity index (χ0v) is 13.5. The SMILES string of the molecule is NC(CCCS(=O)(=O)c1ccccc1)C(=O)Nc1ccccc1. The number of para-hydroxylation sites is 1. The standard InChI is InChI=1S/C17H20N2O3S/c18-16(17(20)19-14-8-3-1-4-9-14)12-7-13-23(21,22)15-10-5-2-6-11-15/h1-6,8-11,16H,7,12-13,18H2,(H,19,20). The molecule has 3 N–H and O–H groups in total. The number of nitrogens with two attached hydrogens (primary N) is 1. The zero-order valence-electron chi connectivity index (χ0n) is 12.7. The van der Waals surface area contributed by atoms with Crippen LogP contribution in [0, 0.1) is 0 Å². The highest BCUT2D eigenvalue weighted by atomic mass is 32.2. The Hall–Kier alpha value is -2.18. The molecule has 0 radical (unpaired) electrons. The molecule has 0 saturated carbocycles. The lowest BCUT2D eigenvalue weighted by Crippen LogP contribution is -2.35. The molecular weight excluding hydrogens is 312 g/mol. The molecule has 0 aliphatic heterocycles. The van der Waals surface area contributed by atoms with E-state index < -0.39 is 15.9 Å². The fraction of sp³-hybridized carbons (Fsp3) is 0.235. The van der Waals surface area contributed by atoms with Gasteiger partial charge in [0.25, 0.3) is 0 Å². The van der Waals surface area contributed by atoms with E-state index in [1.807, 2.05) is 18.2 Å². The minimum Gasteiger partial charge on any atom is -0.325 e. The van der Waals surface area contributed by atoms with Gasteiger partial charge < -0.3 is 11.1 Å². The number of anilines is 1. The van der Waals surface area contributed by atoms with E-state index in [-0.39, 0.29) is 11.7 Å². The number of hydrogen-bond acceptors (Lipinski definition) is 4. The first-order valence-electron chi connectivity index (χ1n) is 7.38. The smallest absolute Gasteiger partial charge is 0.241 e. The van der Waals surface area contributed by atoms with E-state index in [0.29, 0.717) is 23.4 Å². The molecule has 23 heavy (non-hydrogen) atoms. The maximum absolute atomic E-state index is 12.1. The van der Waals surface area contributed by atoms with E-state index in [4.69, 9.17) is 5.73 Å². The molecule has 1 unspecified atom stereocenters. The molecule has 0 aliphatic rings.